The largest absolute Gasteiger partial charge is 0.457 e. The van der Waals surface area contributed by atoms with Gasteiger partial charge in [0.2, 0.25) is 0 Å². The Bertz CT molecular complexity index is 3290. The molecule has 5 heteroatoms. The van der Waals surface area contributed by atoms with Crippen LogP contribution in [-0.2, 0) is 21.7 Å². The van der Waals surface area contributed by atoms with E-state index in [1.807, 2.05) is 6.20 Å². The number of allylic oxidation sites excluding steroid dienone is 2. The molecule has 3 heterocycles. The molecule has 9 rings (SSSR count). The van der Waals surface area contributed by atoms with Crippen molar-refractivity contribution in [2.75, 3.05) is 16.5 Å². The minimum Gasteiger partial charge on any atom is -0.457 e. The second kappa shape index (κ2) is 17.6. The lowest BCUT2D eigenvalue weighted by atomic mass is 9.77. The summed E-state index contributed by atoms with van der Waals surface area (Å²) in [6.07, 6.45) is 1.96. The summed E-state index contributed by atoms with van der Waals surface area (Å²) in [7, 11) is 0. The van der Waals surface area contributed by atoms with Crippen molar-refractivity contribution < 1.29 is 4.74 Å². The van der Waals surface area contributed by atoms with E-state index in [0.717, 1.165) is 39.4 Å². The Morgan fingerprint density at radius 1 is 0.380 bits per heavy atom. The predicted molar refractivity (Wildman–Crippen MR) is 302 cm³/mol. The van der Waals surface area contributed by atoms with Crippen molar-refractivity contribution in [3.8, 4) is 17.3 Å². The van der Waals surface area contributed by atoms with Gasteiger partial charge < -0.3 is 14.5 Å². The van der Waals surface area contributed by atoms with Crippen molar-refractivity contribution >= 4 is 33.2 Å². The normalized spacial score (nSPS) is 14.3. The van der Waals surface area contributed by atoms with Gasteiger partial charge in [-0.25, -0.2) is 4.98 Å². The molecule has 0 spiro atoms. The summed E-state index contributed by atoms with van der Waals surface area (Å²) in [5.41, 5.74) is 13.8. The third kappa shape index (κ3) is 9.41. The Morgan fingerprint density at radius 2 is 0.930 bits per heavy atom. The van der Waals surface area contributed by atoms with Gasteiger partial charge in [0, 0.05) is 73.5 Å². The molecular weight excluding hydrogens is 865 g/mol. The Kier molecular flexibility index (Phi) is 12.3. The van der Waals surface area contributed by atoms with Crippen LogP contribution in [0.15, 0.2) is 169 Å². The van der Waals surface area contributed by atoms with Gasteiger partial charge in [0.25, 0.3) is 0 Å². The van der Waals surface area contributed by atoms with Gasteiger partial charge >= 0.3 is 0 Å². The monoisotopic (exact) mass is 941 g/mol. The van der Waals surface area contributed by atoms with Crippen molar-refractivity contribution in [1.29, 1.82) is 0 Å². The van der Waals surface area contributed by atoms with Gasteiger partial charge in [-0.15, -0.1) is 0 Å². The molecule has 0 saturated carbocycles. The molecule has 1 aliphatic rings. The maximum absolute atomic E-state index is 7.25. The van der Waals surface area contributed by atoms with Gasteiger partial charge in [-0.05, 0) is 105 Å². The quantitative estimate of drug-likeness (QED) is 0.144. The fourth-order valence-electron chi connectivity index (χ4n) is 10.7. The van der Waals surface area contributed by atoms with Crippen molar-refractivity contribution in [3.05, 3.63) is 203 Å². The highest BCUT2D eigenvalue weighted by Crippen LogP contribution is 2.50. The van der Waals surface area contributed by atoms with Crippen LogP contribution < -0.4 is 14.5 Å². The molecular formula is C66H76N4O. The summed E-state index contributed by atoms with van der Waals surface area (Å²) < 4.78 is 9.58. The van der Waals surface area contributed by atoms with Crippen molar-refractivity contribution in [2.45, 2.75) is 132 Å². The second-order valence-corrected chi connectivity index (χ2v) is 25.2. The Hall–Kier alpha value is -6.59. The molecule has 6 aromatic carbocycles. The Morgan fingerprint density at radius 3 is 1.52 bits per heavy atom. The van der Waals surface area contributed by atoms with Crippen molar-refractivity contribution in [3.63, 3.8) is 0 Å². The van der Waals surface area contributed by atoms with E-state index >= 15 is 0 Å². The van der Waals surface area contributed by atoms with E-state index in [-0.39, 0.29) is 32.5 Å². The van der Waals surface area contributed by atoms with Gasteiger partial charge in [0.05, 0.1) is 17.7 Å². The first-order chi connectivity index (χ1) is 33.2. The minimum absolute atomic E-state index is 0.0156. The molecule has 8 aromatic rings. The lowest BCUT2D eigenvalue weighted by Gasteiger charge is -2.35. The third-order valence-corrected chi connectivity index (χ3v) is 14.9. The summed E-state index contributed by atoms with van der Waals surface area (Å²) >= 11 is 0. The smallest absolute Gasteiger partial charge is 0.137 e. The van der Waals surface area contributed by atoms with E-state index in [1.165, 1.54) is 55.8 Å². The lowest BCUT2D eigenvalue weighted by Crippen LogP contribution is -2.31. The summed E-state index contributed by atoms with van der Waals surface area (Å²) in [4.78, 5) is 10.2. The van der Waals surface area contributed by atoms with Crippen LogP contribution in [-0.4, -0.2) is 16.2 Å². The number of ether oxygens (including phenoxy) is 1. The molecule has 5 nitrogen and oxygen atoms in total. The second-order valence-electron chi connectivity index (χ2n) is 25.2. The number of anilines is 2. The van der Waals surface area contributed by atoms with Crippen LogP contribution in [0.3, 0.4) is 0 Å². The number of hydrogen-bond donors (Lipinski definition) is 0. The van der Waals surface area contributed by atoms with Crippen LogP contribution in [0.4, 0.5) is 11.4 Å². The van der Waals surface area contributed by atoms with Gasteiger partial charge in [-0.1, -0.05) is 190 Å². The van der Waals surface area contributed by atoms with E-state index in [4.69, 9.17) is 9.72 Å². The topological polar surface area (TPSA) is 33.5 Å². The first kappa shape index (κ1) is 49.4. The van der Waals surface area contributed by atoms with E-state index < -0.39 is 0 Å². The molecule has 0 saturated heterocycles. The number of aromatic nitrogens is 2. The zero-order valence-electron chi connectivity index (χ0n) is 45.4. The SMILES string of the molecule is CC(C)(C)C1=C(C(C)(C)C)N(c2cc(Oc3ccc4c5cc(C(C)(C)C)ccc5n(-c5cc(C(C)(C)c6ccccc6)ccn5)c4c3)cc(C(C)(C)c3ccccc3)c2)CN1c1cccc(C(C)(C)C)c1. The van der Waals surface area contributed by atoms with Crippen LogP contribution in [0.2, 0.25) is 0 Å². The molecule has 0 aliphatic carbocycles. The molecule has 0 N–H and O–H groups in total. The maximum Gasteiger partial charge on any atom is 0.137 e. The van der Waals surface area contributed by atoms with Gasteiger partial charge in [-0.3, -0.25) is 4.57 Å². The number of benzene rings is 6. The number of rotatable bonds is 9. The van der Waals surface area contributed by atoms with Crippen LogP contribution >= 0.6 is 0 Å². The molecule has 0 bridgehead atoms. The maximum atomic E-state index is 7.25. The molecule has 0 fully saturated rings. The summed E-state index contributed by atoms with van der Waals surface area (Å²) in [5.74, 6) is 2.44. The van der Waals surface area contributed by atoms with Crippen LogP contribution in [0.1, 0.15) is 144 Å². The standard InChI is InChI=1S/C66H76N4O/c1-61(2,3)46-28-23-29-50(36-46)68-43-69(60(64(10,11)12)59(68)63(7,8)9)51-37-49(66(15,16)45-26-21-18-22-27-45)38-53(41-51)71-52-31-32-54-55-39-47(62(4,5)6)30-33-56(55)70(57(54)42-52)58-40-48(34-35-67-58)65(13,14)44-24-19-17-20-25-44/h17-42H,43H2,1-16H3. The Labute approximate surface area is 425 Å². The summed E-state index contributed by atoms with van der Waals surface area (Å²) in [6.45, 7) is 37.8. The zero-order chi connectivity index (χ0) is 51.1. The van der Waals surface area contributed by atoms with Gasteiger partial charge in [0.1, 0.15) is 17.3 Å². The molecule has 0 atom stereocenters. The number of fused-ring (bicyclic) bond motifs is 3. The van der Waals surface area contributed by atoms with E-state index in [9.17, 15) is 0 Å². The van der Waals surface area contributed by atoms with Crippen LogP contribution in [0.25, 0.3) is 27.6 Å². The molecule has 0 radical (unpaired) electrons. The fraction of sp³-hybridized carbons (Fsp3) is 0.348. The average molecular weight is 941 g/mol. The first-order valence-corrected chi connectivity index (χ1v) is 25.6. The highest BCUT2D eigenvalue weighted by molar-refractivity contribution is 6.09. The number of hydrogen-bond acceptors (Lipinski definition) is 4. The molecule has 1 aliphatic heterocycles. The lowest BCUT2D eigenvalue weighted by molar-refractivity contribution is 0.444. The third-order valence-electron chi connectivity index (χ3n) is 14.9. The molecule has 2 aromatic heterocycles. The molecule has 366 valence electrons. The van der Waals surface area contributed by atoms with Crippen molar-refractivity contribution in [1.82, 2.24) is 9.55 Å². The first-order valence-electron chi connectivity index (χ1n) is 25.6. The summed E-state index contributed by atoms with van der Waals surface area (Å²) in [5, 5.41) is 2.36. The highest BCUT2D eigenvalue weighted by atomic mass is 16.5. The van der Waals surface area contributed by atoms with E-state index in [1.54, 1.807) is 0 Å². The van der Waals surface area contributed by atoms with Crippen LogP contribution in [0, 0.1) is 10.8 Å². The highest BCUT2D eigenvalue weighted by Gasteiger charge is 2.42. The molecule has 71 heavy (non-hydrogen) atoms. The molecule has 0 amide bonds. The van der Waals surface area contributed by atoms with Crippen LogP contribution in [0.5, 0.6) is 11.5 Å². The van der Waals surface area contributed by atoms with E-state index in [2.05, 4.69) is 277 Å². The predicted octanol–water partition coefficient (Wildman–Crippen LogP) is 17.8. The van der Waals surface area contributed by atoms with E-state index in [0.29, 0.717) is 6.67 Å². The summed E-state index contributed by atoms with van der Waals surface area (Å²) in [6, 6.07) is 55.7. The zero-order valence-corrected chi connectivity index (χ0v) is 45.4. The Balaban J connectivity index is 1.22. The van der Waals surface area contributed by atoms with Crippen molar-refractivity contribution in [2.24, 2.45) is 10.8 Å². The minimum atomic E-state index is -0.334. The average Bonchev–Trinajstić information content (AvgIpc) is 3.90. The van der Waals surface area contributed by atoms with Gasteiger partial charge in [0.15, 0.2) is 0 Å². The number of nitrogens with zero attached hydrogens (tertiary/aromatic N) is 4. The number of pyridine rings is 1. The molecule has 0 unspecified atom stereocenters. The fourth-order valence-corrected chi connectivity index (χ4v) is 10.7. The van der Waals surface area contributed by atoms with Gasteiger partial charge in [-0.2, -0.15) is 0 Å².